The van der Waals surface area contributed by atoms with Crippen LogP contribution in [0.1, 0.15) is 24.2 Å². The Hall–Kier alpha value is -1.52. The fourth-order valence-electron chi connectivity index (χ4n) is 1.85. The zero-order valence-electron chi connectivity index (χ0n) is 11.5. The van der Waals surface area contributed by atoms with Gasteiger partial charge in [0.2, 0.25) is 0 Å². The van der Waals surface area contributed by atoms with Crippen LogP contribution in [0.5, 0.6) is 11.5 Å². The molecule has 4 heteroatoms. The van der Waals surface area contributed by atoms with Gasteiger partial charge in [-0.3, -0.25) is 0 Å². The number of aliphatic hydroxyl groups excluding tert-OH is 1. The molecule has 0 saturated heterocycles. The molecule has 0 bridgehead atoms. The van der Waals surface area contributed by atoms with Gasteiger partial charge < -0.3 is 14.6 Å². The van der Waals surface area contributed by atoms with Crippen molar-refractivity contribution in [1.29, 1.82) is 0 Å². The second-order valence-electron chi connectivity index (χ2n) is 4.50. The predicted molar refractivity (Wildman–Crippen MR) is 82.1 cm³/mol. The van der Waals surface area contributed by atoms with Crippen LogP contribution in [0.2, 0.25) is 0 Å². The predicted octanol–water partition coefficient (Wildman–Crippen LogP) is 4.09. The summed E-state index contributed by atoms with van der Waals surface area (Å²) in [6.07, 6.45) is -0.525. The van der Waals surface area contributed by atoms with Crippen molar-refractivity contribution in [2.75, 3.05) is 7.11 Å². The summed E-state index contributed by atoms with van der Waals surface area (Å²) in [5.41, 5.74) is 1.87. The third-order valence-electron chi connectivity index (χ3n) is 2.95. The van der Waals surface area contributed by atoms with Crippen LogP contribution in [-0.4, -0.2) is 12.2 Å². The van der Waals surface area contributed by atoms with E-state index in [1.165, 1.54) is 0 Å². The van der Waals surface area contributed by atoms with Crippen molar-refractivity contribution < 1.29 is 14.6 Å². The maximum atomic E-state index is 9.57. The summed E-state index contributed by atoms with van der Waals surface area (Å²) in [5, 5.41) is 9.57. The van der Waals surface area contributed by atoms with Gasteiger partial charge in [-0.1, -0.05) is 34.1 Å². The lowest BCUT2D eigenvalue weighted by Crippen LogP contribution is -1.99. The number of rotatable bonds is 5. The highest BCUT2D eigenvalue weighted by atomic mass is 79.9. The van der Waals surface area contributed by atoms with Gasteiger partial charge in [-0.05, 0) is 42.3 Å². The molecule has 2 rings (SSSR count). The van der Waals surface area contributed by atoms with E-state index in [4.69, 9.17) is 9.47 Å². The molecule has 1 unspecified atom stereocenters. The van der Waals surface area contributed by atoms with Crippen LogP contribution in [0.3, 0.4) is 0 Å². The van der Waals surface area contributed by atoms with E-state index >= 15 is 0 Å². The second kappa shape index (κ2) is 6.77. The molecule has 0 aliphatic carbocycles. The highest BCUT2D eigenvalue weighted by molar-refractivity contribution is 9.10. The largest absolute Gasteiger partial charge is 0.493 e. The third-order valence-corrected chi connectivity index (χ3v) is 3.45. The molecule has 3 nitrogen and oxygen atoms in total. The first kappa shape index (κ1) is 14.9. The van der Waals surface area contributed by atoms with E-state index < -0.39 is 6.10 Å². The molecular weight excluding hydrogens is 320 g/mol. The van der Waals surface area contributed by atoms with Crippen LogP contribution in [0.4, 0.5) is 0 Å². The van der Waals surface area contributed by atoms with E-state index in [-0.39, 0.29) is 0 Å². The van der Waals surface area contributed by atoms with Gasteiger partial charge in [-0.2, -0.15) is 0 Å². The fraction of sp³-hybridized carbons (Fsp3) is 0.250. The normalized spacial score (nSPS) is 12.0. The Morgan fingerprint density at radius 3 is 2.60 bits per heavy atom. The summed E-state index contributed by atoms with van der Waals surface area (Å²) in [6, 6.07) is 13.4. The van der Waals surface area contributed by atoms with Gasteiger partial charge in [-0.15, -0.1) is 0 Å². The first-order chi connectivity index (χ1) is 9.60. The van der Waals surface area contributed by atoms with Gasteiger partial charge in [0.05, 0.1) is 13.2 Å². The average molecular weight is 337 g/mol. The van der Waals surface area contributed by atoms with Crippen LogP contribution >= 0.6 is 15.9 Å². The van der Waals surface area contributed by atoms with Gasteiger partial charge in [-0.25, -0.2) is 0 Å². The van der Waals surface area contributed by atoms with E-state index in [0.29, 0.717) is 18.1 Å². The minimum Gasteiger partial charge on any atom is -0.493 e. The summed E-state index contributed by atoms with van der Waals surface area (Å²) in [6.45, 7) is 2.18. The summed E-state index contributed by atoms with van der Waals surface area (Å²) in [7, 11) is 1.59. The Morgan fingerprint density at radius 2 is 1.95 bits per heavy atom. The van der Waals surface area contributed by atoms with E-state index in [2.05, 4.69) is 15.9 Å². The first-order valence-electron chi connectivity index (χ1n) is 6.33. The number of hydrogen-bond donors (Lipinski definition) is 1. The standard InChI is InChI=1S/C16H17BrO3/c1-11(18)13-6-7-15(16(9-13)19-2)20-10-12-4-3-5-14(17)8-12/h3-9,11,18H,10H2,1-2H3. The Balaban J connectivity index is 2.13. The van der Waals surface area contributed by atoms with Gasteiger partial charge in [0, 0.05) is 4.47 Å². The van der Waals surface area contributed by atoms with Crippen LogP contribution in [0.15, 0.2) is 46.9 Å². The lowest BCUT2D eigenvalue weighted by molar-refractivity contribution is 0.198. The van der Waals surface area contributed by atoms with Crippen molar-refractivity contribution >= 4 is 15.9 Å². The molecule has 0 radical (unpaired) electrons. The summed E-state index contributed by atoms with van der Waals surface area (Å²) >= 11 is 3.43. The number of methoxy groups -OCH3 is 1. The second-order valence-corrected chi connectivity index (χ2v) is 5.42. The zero-order chi connectivity index (χ0) is 14.5. The molecule has 2 aromatic rings. The average Bonchev–Trinajstić information content (AvgIpc) is 2.45. The number of halogens is 1. The summed E-state index contributed by atoms with van der Waals surface area (Å²) in [5.74, 6) is 1.29. The van der Waals surface area contributed by atoms with Crippen molar-refractivity contribution in [1.82, 2.24) is 0 Å². The van der Waals surface area contributed by atoms with E-state index in [0.717, 1.165) is 15.6 Å². The Bertz CT molecular complexity index is 582. The lowest BCUT2D eigenvalue weighted by Gasteiger charge is -2.13. The van der Waals surface area contributed by atoms with Gasteiger partial charge in [0.15, 0.2) is 11.5 Å². The molecule has 20 heavy (non-hydrogen) atoms. The van der Waals surface area contributed by atoms with Crippen LogP contribution < -0.4 is 9.47 Å². The molecule has 1 atom stereocenters. The molecule has 106 valence electrons. The number of ether oxygens (including phenoxy) is 2. The molecule has 0 aromatic heterocycles. The smallest absolute Gasteiger partial charge is 0.161 e. The molecule has 0 aliphatic rings. The number of benzene rings is 2. The minimum atomic E-state index is -0.525. The quantitative estimate of drug-likeness (QED) is 0.893. The summed E-state index contributed by atoms with van der Waals surface area (Å²) < 4.78 is 12.1. The molecular formula is C16H17BrO3. The van der Waals surface area contributed by atoms with E-state index in [1.807, 2.05) is 36.4 Å². The highest BCUT2D eigenvalue weighted by Crippen LogP contribution is 2.31. The lowest BCUT2D eigenvalue weighted by atomic mass is 10.1. The van der Waals surface area contributed by atoms with Crippen molar-refractivity contribution in [3.8, 4) is 11.5 Å². The summed E-state index contributed by atoms with van der Waals surface area (Å²) in [4.78, 5) is 0. The van der Waals surface area contributed by atoms with Crippen LogP contribution in [0, 0.1) is 0 Å². The van der Waals surface area contributed by atoms with E-state index in [1.54, 1.807) is 20.1 Å². The Kier molecular flexibility index (Phi) is 5.04. The first-order valence-corrected chi connectivity index (χ1v) is 7.12. The van der Waals surface area contributed by atoms with Crippen molar-refractivity contribution in [3.05, 3.63) is 58.1 Å². The Morgan fingerprint density at radius 1 is 1.15 bits per heavy atom. The highest BCUT2D eigenvalue weighted by Gasteiger charge is 2.09. The van der Waals surface area contributed by atoms with Gasteiger partial charge in [0.1, 0.15) is 6.61 Å². The minimum absolute atomic E-state index is 0.462. The molecule has 2 aromatic carbocycles. The zero-order valence-corrected chi connectivity index (χ0v) is 13.1. The van der Waals surface area contributed by atoms with Crippen molar-refractivity contribution in [2.45, 2.75) is 19.6 Å². The monoisotopic (exact) mass is 336 g/mol. The number of aliphatic hydroxyl groups is 1. The number of hydrogen-bond acceptors (Lipinski definition) is 3. The van der Waals surface area contributed by atoms with Crippen LogP contribution in [0.25, 0.3) is 0 Å². The van der Waals surface area contributed by atoms with Crippen LogP contribution in [-0.2, 0) is 6.61 Å². The maximum Gasteiger partial charge on any atom is 0.161 e. The van der Waals surface area contributed by atoms with Gasteiger partial charge >= 0.3 is 0 Å². The molecule has 0 saturated carbocycles. The maximum absolute atomic E-state index is 9.57. The van der Waals surface area contributed by atoms with Crippen molar-refractivity contribution in [3.63, 3.8) is 0 Å². The van der Waals surface area contributed by atoms with E-state index in [9.17, 15) is 5.11 Å². The molecule has 0 amide bonds. The molecule has 0 spiro atoms. The fourth-order valence-corrected chi connectivity index (χ4v) is 2.30. The van der Waals surface area contributed by atoms with Crippen molar-refractivity contribution in [2.24, 2.45) is 0 Å². The Labute approximate surface area is 127 Å². The molecule has 1 N–H and O–H groups in total. The van der Waals surface area contributed by atoms with Gasteiger partial charge in [0.25, 0.3) is 0 Å². The SMILES string of the molecule is COc1cc(C(C)O)ccc1OCc1cccc(Br)c1. The third kappa shape index (κ3) is 3.74. The topological polar surface area (TPSA) is 38.7 Å². The molecule has 0 fully saturated rings. The molecule has 0 aliphatic heterocycles. The molecule has 0 heterocycles.